The molecule has 0 bridgehead atoms. The summed E-state index contributed by atoms with van der Waals surface area (Å²) < 4.78 is 0. The largest absolute Gasteiger partial charge is 0.323 e. The minimum Gasteiger partial charge on any atom is -0.323 e. The van der Waals surface area contributed by atoms with E-state index in [9.17, 15) is 9.59 Å². The summed E-state index contributed by atoms with van der Waals surface area (Å²) in [6.07, 6.45) is 5.15. The molecule has 43 heavy (non-hydrogen) atoms. The average molecular weight is 565 g/mol. The van der Waals surface area contributed by atoms with Crippen molar-refractivity contribution in [2.45, 2.75) is 25.7 Å². The molecule has 2 heterocycles. The Labute approximate surface area is 250 Å². The molecular weight excluding hydrogens is 532 g/mol. The standard InChI is InChI=1S/C37H32N4O2/c42-35(40-31-19-7-15-29-17-9-25-38-33(29)31)37(23-21-27-11-3-1-4-12-27,24-22-28-13-5-2-6-14-28)36(43)41-32-20-8-16-30-18-10-26-39-34(30)32/h1-20,25-26H,21-24H2,(H,40,42)(H,41,43). The summed E-state index contributed by atoms with van der Waals surface area (Å²) in [5.74, 6) is -0.716. The Morgan fingerprint density at radius 2 is 0.930 bits per heavy atom. The second-order valence-electron chi connectivity index (χ2n) is 10.7. The highest BCUT2D eigenvalue weighted by Gasteiger charge is 2.45. The number of carbonyl (C=O) groups excluding carboxylic acids is 2. The number of aromatic nitrogens is 2. The summed E-state index contributed by atoms with van der Waals surface area (Å²) in [6.45, 7) is 0. The van der Waals surface area contributed by atoms with Gasteiger partial charge in [-0.3, -0.25) is 19.6 Å². The normalized spacial score (nSPS) is 11.3. The van der Waals surface area contributed by atoms with Crippen LogP contribution in [0, 0.1) is 5.41 Å². The van der Waals surface area contributed by atoms with Crippen molar-refractivity contribution in [2.24, 2.45) is 5.41 Å². The van der Waals surface area contributed by atoms with E-state index in [0.29, 0.717) is 48.1 Å². The molecule has 6 aromatic rings. The van der Waals surface area contributed by atoms with Crippen molar-refractivity contribution in [1.29, 1.82) is 0 Å². The van der Waals surface area contributed by atoms with Gasteiger partial charge in [-0.15, -0.1) is 0 Å². The Balaban J connectivity index is 1.42. The number of rotatable bonds is 10. The number of aryl methyl sites for hydroxylation is 2. The van der Waals surface area contributed by atoms with Gasteiger partial charge in [0.1, 0.15) is 5.41 Å². The molecule has 0 unspecified atom stereocenters. The number of fused-ring (bicyclic) bond motifs is 2. The number of amides is 2. The van der Waals surface area contributed by atoms with E-state index in [4.69, 9.17) is 0 Å². The van der Waals surface area contributed by atoms with Gasteiger partial charge in [-0.2, -0.15) is 0 Å². The summed E-state index contributed by atoms with van der Waals surface area (Å²) in [4.78, 5) is 38.3. The lowest BCUT2D eigenvalue weighted by Crippen LogP contribution is -2.47. The van der Waals surface area contributed by atoms with Crippen LogP contribution in [-0.2, 0) is 22.4 Å². The number of anilines is 2. The Bertz CT molecular complexity index is 1720. The van der Waals surface area contributed by atoms with E-state index in [2.05, 4.69) is 20.6 Å². The maximum atomic E-state index is 14.6. The highest BCUT2D eigenvalue weighted by atomic mass is 16.2. The predicted octanol–water partition coefficient (Wildman–Crippen LogP) is 7.61. The summed E-state index contributed by atoms with van der Waals surface area (Å²) >= 11 is 0. The van der Waals surface area contributed by atoms with Gasteiger partial charge in [0, 0.05) is 23.2 Å². The van der Waals surface area contributed by atoms with Crippen LogP contribution in [0.4, 0.5) is 11.4 Å². The van der Waals surface area contributed by atoms with Crippen molar-refractivity contribution < 1.29 is 9.59 Å². The number of para-hydroxylation sites is 2. The Morgan fingerprint density at radius 1 is 0.512 bits per heavy atom. The molecule has 2 N–H and O–H groups in total. The van der Waals surface area contributed by atoms with Crippen molar-refractivity contribution in [3.8, 4) is 0 Å². The van der Waals surface area contributed by atoms with Gasteiger partial charge < -0.3 is 10.6 Å². The molecule has 0 radical (unpaired) electrons. The molecule has 0 atom stereocenters. The van der Waals surface area contributed by atoms with Crippen molar-refractivity contribution in [3.05, 3.63) is 145 Å². The molecule has 6 nitrogen and oxygen atoms in total. The molecule has 0 saturated heterocycles. The third-order valence-corrected chi connectivity index (χ3v) is 8.00. The zero-order valence-corrected chi connectivity index (χ0v) is 23.7. The molecule has 0 spiro atoms. The van der Waals surface area contributed by atoms with Gasteiger partial charge in [0.25, 0.3) is 0 Å². The fourth-order valence-corrected chi connectivity index (χ4v) is 5.58. The number of carbonyl (C=O) groups is 2. The lowest BCUT2D eigenvalue weighted by Gasteiger charge is -2.32. The summed E-state index contributed by atoms with van der Waals surface area (Å²) in [6, 6.07) is 38.9. The highest BCUT2D eigenvalue weighted by molar-refractivity contribution is 6.17. The highest BCUT2D eigenvalue weighted by Crippen LogP contribution is 2.36. The van der Waals surface area contributed by atoms with Crippen LogP contribution in [0.1, 0.15) is 24.0 Å². The first kappa shape index (κ1) is 27.8. The Hall–Kier alpha value is -5.36. The van der Waals surface area contributed by atoms with Gasteiger partial charge in [0.05, 0.1) is 22.4 Å². The molecule has 212 valence electrons. The molecule has 0 fully saturated rings. The SMILES string of the molecule is O=C(Nc1cccc2cccnc12)C(CCc1ccccc1)(CCc1ccccc1)C(=O)Nc1cccc2cccnc12. The van der Waals surface area contributed by atoms with E-state index in [1.54, 1.807) is 12.4 Å². The maximum absolute atomic E-state index is 14.6. The van der Waals surface area contributed by atoms with Crippen LogP contribution in [0.25, 0.3) is 21.8 Å². The van der Waals surface area contributed by atoms with Crippen molar-refractivity contribution >= 4 is 45.0 Å². The minimum absolute atomic E-state index is 0.317. The molecule has 2 aromatic heterocycles. The molecule has 0 aliphatic carbocycles. The van der Waals surface area contributed by atoms with E-state index >= 15 is 0 Å². The number of hydrogen-bond acceptors (Lipinski definition) is 4. The van der Waals surface area contributed by atoms with Gasteiger partial charge in [-0.25, -0.2) is 0 Å². The van der Waals surface area contributed by atoms with Crippen LogP contribution in [-0.4, -0.2) is 21.8 Å². The van der Waals surface area contributed by atoms with Gasteiger partial charge in [0.2, 0.25) is 11.8 Å². The Morgan fingerprint density at radius 3 is 1.37 bits per heavy atom. The lowest BCUT2D eigenvalue weighted by atomic mass is 9.75. The van der Waals surface area contributed by atoms with Gasteiger partial charge in [-0.1, -0.05) is 97.1 Å². The summed E-state index contributed by atoms with van der Waals surface area (Å²) in [5, 5.41) is 8.06. The van der Waals surface area contributed by atoms with Crippen LogP contribution < -0.4 is 10.6 Å². The summed E-state index contributed by atoms with van der Waals surface area (Å²) in [7, 11) is 0. The number of pyridine rings is 2. The van der Waals surface area contributed by atoms with E-state index < -0.39 is 5.41 Å². The zero-order valence-electron chi connectivity index (χ0n) is 23.7. The van der Waals surface area contributed by atoms with Crippen LogP contribution in [0.5, 0.6) is 0 Å². The molecule has 0 saturated carbocycles. The fourth-order valence-electron chi connectivity index (χ4n) is 5.58. The van der Waals surface area contributed by atoms with Crippen LogP contribution in [0.3, 0.4) is 0 Å². The van der Waals surface area contributed by atoms with Crippen LogP contribution in [0.15, 0.2) is 134 Å². The smallest absolute Gasteiger partial charge is 0.240 e. The molecule has 6 rings (SSSR count). The maximum Gasteiger partial charge on any atom is 0.240 e. The number of nitrogens with one attached hydrogen (secondary N) is 2. The quantitative estimate of drug-likeness (QED) is 0.168. The first-order chi connectivity index (χ1) is 21.1. The second-order valence-corrected chi connectivity index (χ2v) is 10.7. The van der Waals surface area contributed by atoms with E-state index in [-0.39, 0.29) is 11.8 Å². The van der Waals surface area contributed by atoms with E-state index in [1.165, 1.54) is 0 Å². The van der Waals surface area contributed by atoms with Crippen LogP contribution >= 0.6 is 0 Å². The van der Waals surface area contributed by atoms with E-state index in [1.807, 2.05) is 121 Å². The fraction of sp³-hybridized carbons (Fsp3) is 0.135. The molecule has 6 heteroatoms. The first-order valence-corrected chi connectivity index (χ1v) is 14.5. The molecular formula is C37H32N4O2. The van der Waals surface area contributed by atoms with Crippen molar-refractivity contribution in [2.75, 3.05) is 10.6 Å². The molecule has 4 aromatic carbocycles. The Kier molecular flexibility index (Phi) is 8.18. The number of hydrogen-bond donors (Lipinski definition) is 2. The second kappa shape index (κ2) is 12.7. The topological polar surface area (TPSA) is 84.0 Å². The number of benzene rings is 4. The molecule has 2 amide bonds. The number of nitrogens with zero attached hydrogens (tertiary/aromatic N) is 2. The molecule has 0 aliphatic heterocycles. The summed E-state index contributed by atoms with van der Waals surface area (Å²) in [5.41, 5.74) is 3.23. The zero-order chi connectivity index (χ0) is 29.5. The minimum atomic E-state index is -1.40. The first-order valence-electron chi connectivity index (χ1n) is 14.5. The van der Waals surface area contributed by atoms with Crippen molar-refractivity contribution in [3.63, 3.8) is 0 Å². The van der Waals surface area contributed by atoms with E-state index in [0.717, 1.165) is 21.9 Å². The van der Waals surface area contributed by atoms with Gasteiger partial charge >= 0.3 is 0 Å². The monoisotopic (exact) mass is 564 g/mol. The van der Waals surface area contributed by atoms with Gasteiger partial charge in [-0.05, 0) is 61.1 Å². The van der Waals surface area contributed by atoms with Crippen LogP contribution in [0.2, 0.25) is 0 Å². The third kappa shape index (κ3) is 6.14. The van der Waals surface area contributed by atoms with Crippen molar-refractivity contribution in [1.82, 2.24) is 9.97 Å². The average Bonchev–Trinajstić information content (AvgIpc) is 3.06. The third-order valence-electron chi connectivity index (χ3n) is 8.00. The van der Waals surface area contributed by atoms with Gasteiger partial charge in [0.15, 0.2) is 0 Å². The predicted molar refractivity (Wildman–Crippen MR) is 173 cm³/mol. The lowest BCUT2D eigenvalue weighted by molar-refractivity contribution is -0.138. The molecule has 0 aliphatic rings.